The van der Waals surface area contributed by atoms with Crippen molar-refractivity contribution in [3.63, 3.8) is 0 Å². The molecule has 0 spiro atoms. The smallest absolute Gasteiger partial charge is 0.244 e. The van der Waals surface area contributed by atoms with Crippen LogP contribution >= 0.6 is 11.6 Å². The highest BCUT2D eigenvalue weighted by Crippen LogP contribution is 2.21. The summed E-state index contributed by atoms with van der Waals surface area (Å²) in [6.45, 7) is 1.48. The number of hydrogen-bond donors (Lipinski definition) is 2. The largest absolute Gasteiger partial charge is 0.335 e. The van der Waals surface area contributed by atoms with Gasteiger partial charge in [0.25, 0.3) is 0 Å². The maximum absolute atomic E-state index is 13.8. The Kier molecular flexibility index (Phi) is 9.68. The number of likely N-dealkylation sites (N-methyl/N-ethyl adjacent to an activating group) is 1. The second-order valence-corrected chi connectivity index (χ2v) is 7.67. The third-order valence-electron chi connectivity index (χ3n) is 4.53. The van der Waals surface area contributed by atoms with Crippen molar-refractivity contribution < 1.29 is 27.6 Å². The summed E-state index contributed by atoms with van der Waals surface area (Å²) in [6, 6.07) is 8.27. The average Bonchev–Trinajstić information content (AvgIpc) is 2.75. The molecule has 178 valence electrons. The first-order valence-corrected chi connectivity index (χ1v) is 10.4. The minimum atomic E-state index is -1.69. The summed E-state index contributed by atoms with van der Waals surface area (Å²) in [5.41, 5.74) is -0.0891. The Hall–Kier alpha value is -3.11. The van der Waals surface area contributed by atoms with Crippen LogP contribution in [0.15, 0.2) is 36.4 Å². The fraction of sp³-hybridized carbons (Fsp3) is 0.318. The Bertz CT molecular complexity index is 1020. The van der Waals surface area contributed by atoms with Crippen LogP contribution in [0.5, 0.6) is 0 Å². The van der Waals surface area contributed by atoms with Crippen molar-refractivity contribution in [3.8, 4) is 0 Å². The predicted octanol–water partition coefficient (Wildman–Crippen LogP) is 3.50. The number of halogens is 4. The Labute approximate surface area is 194 Å². The van der Waals surface area contributed by atoms with E-state index < -0.39 is 40.9 Å². The topological polar surface area (TPSA) is 81.8 Å². The van der Waals surface area contributed by atoms with Crippen LogP contribution in [0, 0.1) is 17.5 Å². The highest BCUT2D eigenvalue weighted by molar-refractivity contribution is 6.33. The summed E-state index contributed by atoms with van der Waals surface area (Å²) >= 11 is 6.00. The van der Waals surface area contributed by atoms with Crippen molar-refractivity contribution in [1.29, 1.82) is 0 Å². The van der Waals surface area contributed by atoms with Gasteiger partial charge in [-0.3, -0.25) is 19.3 Å². The fourth-order valence-corrected chi connectivity index (χ4v) is 3.10. The third-order valence-corrected chi connectivity index (χ3v) is 4.86. The first kappa shape index (κ1) is 26.1. The normalized spacial score (nSPS) is 10.8. The summed E-state index contributed by atoms with van der Waals surface area (Å²) < 4.78 is 40.2. The number of amides is 3. The molecule has 2 aromatic rings. The molecule has 0 atom stereocenters. The van der Waals surface area contributed by atoms with E-state index in [1.54, 1.807) is 24.3 Å². The summed E-state index contributed by atoms with van der Waals surface area (Å²) in [6.07, 6.45) is 0.608. The van der Waals surface area contributed by atoms with E-state index in [4.69, 9.17) is 11.6 Å². The van der Waals surface area contributed by atoms with Gasteiger partial charge in [0, 0.05) is 7.05 Å². The molecular weight excluding hydrogens is 461 g/mol. The lowest BCUT2D eigenvalue weighted by molar-refractivity contribution is -0.134. The number of hydrogen-bond acceptors (Lipinski definition) is 4. The molecule has 2 N–H and O–H groups in total. The van der Waals surface area contributed by atoms with Gasteiger partial charge < -0.3 is 15.5 Å². The van der Waals surface area contributed by atoms with Crippen molar-refractivity contribution >= 4 is 40.7 Å². The van der Waals surface area contributed by atoms with Crippen LogP contribution in [0.2, 0.25) is 5.02 Å². The molecular formula is C22H24ClF3N4O3. The molecule has 0 saturated carbocycles. The lowest BCUT2D eigenvalue weighted by Gasteiger charge is -2.24. The molecule has 2 rings (SSSR count). The van der Waals surface area contributed by atoms with Gasteiger partial charge in [-0.25, -0.2) is 13.2 Å². The van der Waals surface area contributed by atoms with Gasteiger partial charge in [0.15, 0.2) is 17.5 Å². The van der Waals surface area contributed by atoms with E-state index >= 15 is 0 Å². The van der Waals surface area contributed by atoms with Gasteiger partial charge in [-0.2, -0.15) is 0 Å². The van der Waals surface area contributed by atoms with Gasteiger partial charge in [-0.05, 0) is 37.2 Å². The van der Waals surface area contributed by atoms with Gasteiger partial charge in [0.1, 0.15) is 0 Å². The van der Waals surface area contributed by atoms with Crippen LogP contribution in [0.3, 0.4) is 0 Å². The molecule has 11 heteroatoms. The number of carbonyl (C=O) groups excluding carboxylic acids is 3. The second kappa shape index (κ2) is 12.2. The molecule has 0 fully saturated rings. The van der Waals surface area contributed by atoms with Crippen LogP contribution < -0.4 is 10.6 Å². The highest BCUT2D eigenvalue weighted by atomic mass is 35.5. The lowest BCUT2D eigenvalue weighted by Crippen LogP contribution is -2.44. The van der Waals surface area contributed by atoms with Gasteiger partial charge in [-0.15, -0.1) is 0 Å². The van der Waals surface area contributed by atoms with E-state index in [-0.39, 0.29) is 19.6 Å². The standard InChI is InChI=1S/C22H24ClF3N4O3/c1-3-10-30(12-19(32)28-17-9-8-15(24)21(25)22(17)26)13-20(33)29(2)11-18(31)27-16-7-5-4-6-14(16)23/h4-9H,3,10-13H2,1-2H3,(H,27,31)(H,28,32). The molecule has 0 aliphatic rings. The predicted molar refractivity (Wildman–Crippen MR) is 119 cm³/mol. The number of nitrogens with zero attached hydrogens (tertiary/aromatic N) is 2. The number of nitrogens with one attached hydrogen (secondary N) is 2. The minimum Gasteiger partial charge on any atom is -0.335 e. The van der Waals surface area contributed by atoms with Gasteiger partial charge in [0.05, 0.1) is 36.0 Å². The molecule has 0 unspecified atom stereocenters. The van der Waals surface area contributed by atoms with Crippen molar-refractivity contribution in [2.24, 2.45) is 0 Å². The molecule has 3 amide bonds. The summed E-state index contributed by atoms with van der Waals surface area (Å²) in [5.74, 6) is -6.15. The second-order valence-electron chi connectivity index (χ2n) is 7.26. The van der Waals surface area contributed by atoms with E-state index in [9.17, 15) is 27.6 Å². The minimum absolute atomic E-state index is 0.183. The van der Waals surface area contributed by atoms with E-state index in [1.807, 2.05) is 6.92 Å². The lowest BCUT2D eigenvalue weighted by atomic mass is 10.2. The van der Waals surface area contributed by atoms with Crippen LogP contribution in [0.4, 0.5) is 24.5 Å². The fourth-order valence-electron chi connectivity index (χ4n) is 2.91. The molecule has 0 radical (unpaired) electrons. The van der Waals surface area contributed by atoms with E-state index in [0.29, 0.717) is 29.7 Å². The highest BCUT2D eigenvalue weighted by Gasteiger charge is 2.20. The molecule has 0 bridgehead atoms. The number of para-hydroxylation sites is 1. The number of benzene rings is 2. The van der Waals surface area contributed by atoms with Crippen LogP contribution in [0.1, 0.15) is 13.3 Å². The van der Waals surface area contributed by atoms with Gasteiger partial charge in [0.2, 0.25) is 17.7 Å². The number of anilines is 2. The molecule has 33 heavy (non-hydrogen) atoms. The molecule has 0 heterocycles. The Morgan fingerprint density at radius 3 is 2.18 bits per heavy atom. The van der Waals surface area contributed by atoms with Crippen molar-refractivity contribution in [2.75, 3.05) is 43.9 Å². The molecule has 0 saturated heterocycles. The molecule has 7 nitrogen and oxygen atoms in total. The monoisotopic (exact) mass is 484 g/mol. The Morgan fingerprint density at radius 1 is 0.879 bits per heavy atom. The molecule has 0 aliphatic carbocycles. The third kappa shape index (κ3) is 7.76. The molecule has 0 aromatic heterocycles. The maximum atomic E-state index is 13.8. The summed E-state index contributed by atoms with van der Waals surface area (Å²) in [5, 5.41) is 5.14. The van der Waals surface area contributed by atoms with Crippen LogP contribution in [-0.2, 0) is 14.4 Å². The van der Waals surface area contributed by atoms with Gasteiger partial charge in [-0.1, -0.05) is 30.7 Å². The van der Waals surface area contributed by atoms with Crippen LogP contribution in [-0.4, -0.2) is 60.7 Å². The molecule has 0 aliphatic heterocycles. The van der Waals surface area contributed by atoms with Crippen molar-refractivity contribution in [2.45, 2.75) is 13.3 Å². The van der Waals surface area contributed by atoms with Gasteiger partial charge >= 0.3 is 0 Å². The summed E-state index contributed by atoms with van der Waals surface area (Å²) in [4.78, 5) is 39.7. The number of carbonyl (C=O) groups is 3. The van der Waals surface area contributed by atoms with Crippen molar-refractivity contribution in [1.82, 2.24) is 9.80 Å². The number of rotatable bonds is 10. The molecule has 2 aromatic carbocycles. The first-order chi connectivity index (χ1) is 15.6. The van der Waals surface area contributed by atoms with E-state index in [2.05, 4.69) is 10.6 Å². The Morgan fingerprint density at radius 2 is 1.52 bits per heavy atom. The SMILES string of the molecule is CCCN(CC(=O)Nc1ccc(F)c(F)c1F)CC(=O)N(C)CC(=O)Nc1ccccc1Cl. The van der Waals surface area contributed by atoms with E-state index in [0.717, 1.165) is 6.07 Å². The zero-order valence-electron chi connectivity index (χ0n) is 18.1. The summed E-state index contributed by atoms with van der Waals surface area (Å²) in [7, 11) is 1.44. The zero-order valence-corrected chi connectivity index (χ0v) is 18.9. The maximum Gasteiger partial charge on any atom is 0.244 e. The average molecular weight is 485 g/mol. The zero-order chi connectivity index (χ0) is 24.5. The Balaban J connectivity index is 1.92. The van der Waals surface area contributed by atoms with Crippen LogP contribution in [0.25, 0.3) is 0 Å². The first-order valence-electron chi connectivity index (χ1n) is 10.1. The quantitative estimate of drug-likeness (QED) is 0.506. The van der Waals surface area contributed by atoms with E-state index in [1.165, 1.54) is 16.8 Å². The van der Waals surface area contributed by atoms with Crippen molar-refractivity contribution in [3.05, 3.63) is 58.9 Å².